The van der Waals surface area contributed by atoms with Gasteiger partial charge in [0.1, 0.15) is 0 Å². The third kappa shape index (κ3) is 5.68. The van der Waals surface area contributed by atoms with Crippen LogP contribution >= 0.6 is 11.6 Å². The first-order chi connectivity index (χ1) is 15.4. The lowest BCUT2D eigenvalue weighted by atomic mass is 9.91. The summed E-state index contributed by atoms with van der Waals surface area (Å²) >= 11 is 6.17. The zero-order chi connectivity index (χ0) is 22.6. The Morgan fingerprint density at radius 3 is 2.78 bits per heavy atom. The smallest absolute Gasteiger partial charge is 0.234 e. The molecule has 0 bridgehead atoms. The summed E-state index contributed by atoms with van der Waals surface area (Å²) in [4.78, 5) is 0. The fourth-order valence-corrected chi connectivity index (χ4v) is 5.60. The van der Waals surface area contributed by atoms with Crippen LogP contribution in [-0.2, 0) is 22.9 Å². The number of halogens is 1. The van der Waals surface area contributed by atoms with E-state index in [9.17, 15) is 8.42 Å². The van der Waals surface area contributed by atoms with Crippen LogP contribution in [0.4, 0.5) is 0 Å². The fraction of sp³-hybridized carbons (Fsp3) is 0.320. The van der Waals surface area contributed by atoms with Crippen molar-refractivity contribution in [3.05, 3.63) is 93.1 Å². The predicted molar refractivity (Wildman–Crippen MR) is 130 cm³/mol. The molecule has 0 saturated heterocycles. The third-order valence-electron chi connectivity index (χ3n) is 5.99. The Balaban J connectivity index is 1.51. The average Bonchev–Trinajstić information content (AvgIpc) is 3.07. The Labute approximate surface area is 195 Å². The first kappa shape index (κ1) is 22.8. The van der Waals surface area contributed by atoms with Gasteiger partial charge in [-0.3, -0.25) is 5.10 Å². The van der Waals surface area contributed by atoms with Gasteiger partial charge in [-0.25, -0.2) is 13.1 Å². The zero-order valence-corrected chi connectivity index (χ0v) is 19.7. The zero-order valence-electron chi connectivity index (χ0n) is 18.1. The molecule has 2 atom stereocenters. The molecule has 0 amide bonds. The summed E-state index contributed by atoms with van der Waals surface area (Å²) in [5, 5.41) is 9.63. The highest BCUT2D eigenvalue weighted by Gasteiger charge is 2.24. The third-order valence-corrected chi connectivity index (χ3v) is 7.40. The summed E-state index contributed by atoms with van der Waals surface area (Å²) in [5.41, 5.74) is 5.06. The van der Waals surface area contributed by atoms with Crippen LogP contribution in [0.2, 0.25) is 5.02 Å². The van der Waals surface area contributed by atoms with E-state index in [0.29, 0.717) is 11.6 Å². The van der Waals surface area contributed by atoms with E-state index in [1.165, 1.54) is 11.0 Å². The van der Waals surface area contributed by atoms with Gasteiger partial charge in [0.05, 0.1) is 5.69 Å². The van der Waals surface area contributed by atoms with E-state index < -0.39 is 10.0 Å². The van der Waals surface area contributed by atoms with Gasteiger partial charge >= 0.3 is 0 Å². The molecule has 2 N–H and O–H groups in total. The predicted octanol–water partition coefficient (Wildman–Crippen LogP) is 5.77. The summed E-state index contributed by atoms with van der Waals surface area (Å²) in [6.45, 7) is 1.84. The molecule has 1 aromatic heterocycles. The molecule has 0 aliphatic heterocycles. The molecule has 4 rings (SSSR count). The summed E-state index contributed by atoms with van der Waals surface area (Å²) in [5.74, 6) is 0.313. The van der Waals surface area contributed by atoms with E-state index in [2.05, 4.69) is 21.0 Å². The minimum absolute atomic E-state index is 0.313. The molecule has 0 fully saturated rings. The maximum Gasteiger partial charge on any atom is 0.234 e. The lowest BCUT2D eigenvalue weighted by molar-refractivity contribution is 0.576. The molecule has 5 nitrogen and oxygen atoms in total. The molecule has 0 unspecified atom stereocenters. The fourth-order valence-electron chi connectivity index (χ4n) is 4.37. The molecule has 7 heteroatoms. The second-order valence-electron chi connectivity index (χ2n) is 8.38. The molecule has 0 spiro atoms. The number of H-pyrrole nitrogens is 1. The number of nitrogens with zero attached hydrogens (tertiary/aromatic N) is 1. The monoisotopic (exact) mass is 469 g/mol. The van der Waals surface area contributed by atoms with Gasteiger partial charge in [0.2, 0.25) is 10.0 Å². The van der Waals surface area contributed by atoms with Crippen LogP contribution in [0.15, 0.2) is 60.0 Å². The van der Waals surface area contributed by atoms with Gasteiger partial charge in [-0.2, -0.15) is 5.10 Å². The van der Waals surface area contributed by atoms with E-state index in [1.807, 2.05) is 55.5 Å². The standard InChI is InChI=1S/C25H28ClN3O2S/c1-18(20-9-3-2-4-10-20)29-32(30,31)15-14-24-23-13-6-5-11-21(25(23)28-27-24)16-19-8-7-12-22(26)17-19/h2-4,7-10,12,14-15,17-18,21,29H,5-6,11,13,16H2,1H3,(H,27,28)/b15-14+/t18-,21+/m0/s1. The van der Waals surface area contributed by atoms with Crippen LogP contribution < -0.4 is 4.72 Å². The highest BCUT2D eigenvalue weighted by molar-refractivity contribution is 7.92. The number of fused-ring (bicyclic) bond motifs is 1. The van der Waals surface area contributed by atoms with Gasteiger partial charge in [0.25, 0.3) is 0 Å². The van der Waals surface area contributed by atoms with Gasteiger partial charge in [0.15, 0.2) is 0 Å². The van der Waals surface area contributed by atoms with Crippen molar-refractivity contribution in [1.29, 1.82) is 0 Å². The number of rotatable bonds is 7. The first-order valence-electron chi connectivity index (χ1n) is 11.0. The van der Waals surface area contributed by atoms with Crippen molar-refractivity contribution in [2.45, 2.75) is 51.0 Å². The molecule has 168 valence electrons. The SMILES string of the molecule is C[C@H](NS(=O)(=O)/C=C/c1n[nH]c2c1CCCC[C@@H]2Cc1cccc(Cl)c1)c1ccccc1. The minimum Gasteiger partial charge on any atom is -0.281 e. The molecule has 0 radical (unpaired) electrons. The van der Waals surface area contributed by atoms with Crippen molar-refractivity contribution >= 4 is 27.7 Å². The van der Waals surface area contributed by atoms with Crippen molar-refractivity contribution in [3.63, 3.8) is 0 Å². The molecule has 3 aromatic rings. The number of hydrogen-bond donors (Lipinski definition) is 2. The van der Waals surface area contributed by atoms with Crippen LogP contribution in [0.1, 0.15) is 66.2 Å². The Bertz CT molecular complexity index is 1190. The van der Waals surface area contributed by atoms with Crippen molar-refractivity contribution < 1.29 is 8.42 Å². The highest BCUT2D eigenvalue weighted by atomic mass is 35.5. The molecule has 1 aliphatic rings. The van der Waals surface area contributed by atoms with E-state index in [-0.39, 0.29) is 6.04 Å². The summed E-state index contributed by atoms with van der Waals surface area (Å²) in [6.07, 6.45) is 6.65. The molecule has 32 heavy (non-hydrogen) atoms. The topological polar surface area (TPSA) is 74.8 Å². The maximum atomic E-state index is 12.6. The van der Waals surface area contributed by atoms with E-state index in [4.69, 9.17) is 11.6 Å². The molecule has 1 heterocycles. The Kier molecular flexibility index (Phi) is 7.13. The second kappa shape index (κ2) is 10.0. The van der Waals surface area contributed by atoms with Crippen molar-refractivity contribution in [3.8, 4) is 0 Å². The summed E-state index contributed by atoms with van der Waals surface area (Å²) < 4.78 is 28.0. The van der Waals surface area contributed by atoms with Crippen LogP contribution in [0, 0.1) is 0 Å². The highest BCUT2D eigenvalue weighted by Crippen LogP contribution is 2.34. The maximum absolute atomic E-state index is 12.6. The lowest BCUT2D eigenvalue weighted by Gasteiger charge is -2.14. The molecule has 2 aromatic carbocycles. The van der Waals surface area contributed by atoms with E-state index in [1.54, 1.807) is 6.08 Å². The van der Waals surface area contributed by atoms with E-state index >= 15 is 0 Å². The summed E-state index contributed by atoms with van der Waals surface area (Å²) in [6, 6.07) is 17.2. The molecule has 0 saturated carbocycles. The first-order valence-corrected chi connectivity index (χ1v) is 12.9. The Hall–Kier alpha value is -2.41. The van der Waals surface area contributed by atoms with Gasteiger partial charge in [-0.05, 0) is 61.9 Å². The van der Waals surface area contributed by atoms with Crippen molar-refractivity contribution in [2.75, 3.05) is 0 Å². The van der Waals surface area contributed by atoms with E-state index in [0.717, 1.165) is 53.9 Å². The number of sulfonamides is 1. The quantitative estimate of drug-likeness (QED) is 0.431. The molecule has 1 aliphatic carbocycles. The number of aromatic nitrogens is 2. The number of nitrogens with one attached hydrogen (secondary N) is 2. The van der Waals surface area contributed by atoms with Crippen LogP contribution in [0.25, 0.3) is 6.08 Å². The summed E-state index contributed by atoms with van der Waals surface area (Å²) in [7, 11) is -3.61. The molecular weight excluding hydrogens is 442 g/mol. The largest absolute Gasteiger partial charge is 0.281 e. The number of benzene rings is 2. The Morgan fingerprint density at radius 2 is 2.00 bits per heavy atom. The lowest BCUT2D eigenvalue weighted by Crippen LogP contribution is -2.24. The van der Waals surface area contributed by atoms with Gasteiger partial charge in [0, 0.05) is 33.6 Å². The average molecular weight is 470 g/mol. The van der Waals surface area contributed by atoms with Crippen LogP contribution in [0.5, 0.6) is 0 Å². The van der Waals surface area contributed by atoms with Crippen molar-refractivity contribution in [2.24, 2.45) is 0 Å². The van der Waals surface area contributed by atoms with Gasteiger partial charge < -0.3 is 0 Å². The molecular formula is C25H28ClN3O2S. The van der Waals surface area contributed by atoms with Crippen LogP contribution in [-0.4, -0.2) is 18.6 Å². The van der Waals surface area contributed by atoms with Crippen LogP contribution in [0.3, 0.4) is 0 Å². The number of hydrogen-bond acceptors (Lipinski definition) is 3. The Morgan fingerprint density at radius 1 is 1.19 bits per heavy atom. The van der Waals surface area contributed by atoms with Gasteiger partial charge in [-0.15, -0.1) is 0 Å². The normalized spacial score (nSPS) is 17.8. The van der Waals surface area contributed by atoms with Crippen molar-refractivity contribution in [1.82, 2.24) is 14.9 Å². The minimum atomic E-state index is -3.61. The second-order valence-corrected chi connectivity index (χ2v) is 10.4. The van der Waals surface area contributed by atoms with Gasteiger partial charge in [-0.1, -0.05) is 60.5 Å². The number of aromatic amines is 1.